The van der Waals surface area contributed by atoms with Crippen LogP contribution in [0.4, 0.5) is 20.2 Å². The zero-order chi connectivity index (χ0) is 22.5. The van der Waals surface area contributed by atoms with Crippen LogP contribution in [0.2, 0.25) is 0 Å². The van der Waals surface area contributed by atoms with Gasteiger partial charge in [0, 0.05) is 31.5 Å². The number of anilines is 2. The van der Waals surface area contributed by atoms with Crippen LogP contribution in [-0.2, 0) is 14.8 Å². The summed E-state index contributed by atoms with van der Waals surface area (Å²) in [6.07, 6.45) is 0. The molecule has 30 heavy (non-hydrogen) atoms. The third-order valence-corrected chi connectivity index (χ3v) is 5.85. The van der Waals surface area contributed by atoms with Gasteiger partial charge in [-0.1, -0.05) is 6.07 Å². The molecule has 0 aliphatic rings. The molecule has 1 unspecified atom stereocenters. The minimum atomic E-state index is -3.65. The molecule has 0 aromatic heterocycles. The van der Waals surface area contributed by atoms with Gasteiger partial charge in [-0.25, -0.2) is 12.7 Å². The highest BCUT2D eigenvalue weighted by Crippen LogP contribution is 2.31. The van der Waals surface area contributed by atoms with Crippen molar-refractivity contribution < 1.29 is 31.5 Å². The lowest BCUT2D eigenvalue weighted by molar-refractivity contribution is -0.116. The van der Waals surface area contributed by atoms with E-state index in [2.05, 4.69) is 15.4 Å². The van der Waals surface area contributed by atoms with Crippen molar-refractivity contribution in [3.05, 3.63) is 42.5 Å². The van der Waals surface area contributed by atoms with Gasteiger partial charge in [-0.3, -0.25) is 4.79 Å². The molecule has 0 fully saturated rings. The van der Waals surface area contributed by atoms with Crippen LogP contribution in [0.15, 0.2) is 47.4 Å². The van der Waals surface area contributed by atoms with Crippen molar-refractivity contribution in [2.45, 2.75) is 24.5 Å². The van der Waals surface area contributed by atoms with E-state index in [1.807, 2.05) is 0 Å². The standard InChI is InChI=1S/C19H23F2N3O5S/c1-12(22-14-8-9-16(28-4)17(11-14)29-19(20)21)18(25)23-13-6-5-7-15(10-13)30(26,27)24(2)3/h5-12,19,22H,1-4H3,(H,23,25). The fraction of sp³-hybridized carbons (Fsp3) is 0.316. The number of amides is 1. The minimum absolute atomic E-state index is 0.0369. The van der Waals surface area contributed by atoms with Crippen molar-refractivity contribution in [1.29, 1.82) is 0 Å². The molecule has 2 N–H and O–H groups in total. The predicted octanol–water partition coefficient (Wildman–Crippen LogP) is 2.99. The van der Waals surface area contributed by atoms with E-state index in [-0.39, 0.29) is 16.4 Å². The number of carbonyl (C=O) groups excluding carboxylic acids is 1. The SMILES string of the molecule is COc1ccc(NC(C)C(=O)Nc2cccc(S(=O)(=O)N(C)C)c2)cc1OC(F)F. The largest absolute Gasteiger partial charge is 0.493 e. The maximum atomic E-state index is 12.6. The number of rotatable bonds is 9. The molecule has 0 aliphatic carbocycles. The quantitative estimate of drug-likeness (QED) is 0.619. The first-order valence-corrected chi connectivity index (χ1v) is 10.2. The van der Waals surface area contributed by atoms with Crippen molar-refractivity contribution in [1.82, 2.24) is 4.31 Å². The first-order valence-electron chi connectivity index (χ1n) is 8.77. The van der Waals surface area contributed by atoms with Crippen molar-refractivity contribution in [3.63, 3.8) is 0 Å². The molecule has 0 radical (unpaired) electrons. The first kappa shape index (κ1) is 23.4. The van der Waals surface area contributed by atoms with Crippen LogP contribution < -0.4 is 20.1 Å². The van der Waals surface area contributed by atoms with Gasteiger partial charge in [0.05, 0.1) is 12.0 Å². The minimum Gasteiger partial charge on any atom is -0.493 e. The molecule has 2 aromatic rings. The maximum absolute atomic E-state index is 12.6. The Morgan fingerprint density at radius 3 is 2.37 bits per heavy atom. The van der Waals surface area contributed by atoms with Gasteiger partial charge in [0.2, 0.25) is 15.9 Å². The number of hydrogen-bond donors (Lipinski definition) is 2. The number of hydrogen-bond acceptors (Lipinski definition) is 6. The van der Waals surface area contributed by atoms with E-state index in [0.29, 0.717) is 11.4 Å². The highest BCUT2D eigenvalue weighted by Gasteiger charge is 2.19. The summed E-state index contributed by atoms with van der Waals surface area (Å²) in [5.74, 6) is -0.509. The molecular weight excluding hydrogens is 420 g/mol. The number of methoxy groups -OCH3 is 1. The molecule has 0 heterocycles. The Bertz CT molecular complexity index is 999. The second-order valence-electron chi connectivity index (χ2n) is 6.41. The molecule has 2 rings (SSSR count). The number of nitrogens with zero attached hydrogens (tertiary/aromatic N) is 1. The first-order chi connectivity index (χ1) is 14.0. The Balaban J connectivity index is 2.12. The lowest BCUT2D eigenvalue weighted by Crippen LogP contribution is -2.32. The molecule has 0 aliphatic heterocycles. The van der Waals surface area contributed by atoms with Crippen LogP contribution in [0.25, 0.3) is 0 Å². The molecule has 0 bridgehead atoms. The van der Waals surface area contributed by atoms with Gasteiger partial charge < -0.3 is 20.1 Å². The van der Waals surface area contributed by atoms with Gasteiger partial charge in [-0.15, -0.1) is 0 Å². The van der Waals surface area contributed by atoms with Crippen LogP contribution in [0.1, 0.15) is 6.92 Å². The summed E-state index contributed by atoms with van der Waals surface area (Å²) in [4.78, 5) is 12.5. The van der Waals surface area contributed by atoms with Crippen LogP contribution in [0, 0.1) is 0 Å². The van der Waals surface area contributed by atoms with E-state index < -0.39 is 28.6 Å². The summed E-state index contributed by atoms with van der Waals surface area (Å²) < 4.78 is 60.0. The van der Waals surface area contributed by atoms with Crippen LogP contribution in [-0.4, -0.2) is 52.5 Å². The molecule has 1 amide bonds. The average molecular weight is 443 g/mol. The second kappa shape index (κ2) is 9.72. The molecule has 0 saturated heterocycles. The van der Waals surface area contributed by atoms with E-state index in [4.69, 9.17) is 4.74 Å². The number of halogens is 2. The van der Waals surface area contributed by atoms with Crippen molar-refractivity contribution in [2.24, 2.45) is 0 Å². The topological polar surface area (TPSA) is 97.0 Å². The monoisotopic (exact) mass is 443 g/mol. The lowest BCUT2D eigenvalue weighted by atomic mass is 10.2. The van der Waals surface area contributed by atoms with E-state index in [1.165, 1.54) is 51.5 Å². The summed E-state index contributed by atoms with van der Waals surface area (Å²) in [6.45, 7) is -1.46. The van der Waals surface area contributed by atoms with Gasteiger partial charge in [-0.05, 0) is 37.3 Å². The van der Waals surface area contributed by atoms with Crippen molar-refractivity contribution in [3.8, 4) is 11.5 Å². The van der Waals surface area contributed by atoms with E-state index in [0.717, 1.165) is 4.31 Å². The zero-order valence-electron chi connectivity index (χ0n) is 16.8. The van der Waals surface area contributed by atoms with Gasteiger partial charge in [0.15, 0.2) is 11.5 Å². The fourth-order valence-corrected chi connectivity index (χ4v) is 3.41. The molecule has 164 valence electrons. The summed E-state index contributed by atoms with van der Waals surface area (Å²) in [6, 6.07) is 9.34. The van der Waals surface area contributed by atoms with Crippen molar-refractivity contribution in [2.75, 3.05) is 31.8 Å². The normalized spacial score (nSPS) is 12.5. The summed E-state index contributed by atoms with van der Waals surface area (Å²) in [7, 11) is 0.495. The Morgan fingerprint density at radius 2 is 1.77 bits per heavy atom. The third-order valence-electron chi connectivity index (χ3n) is 4.04. The lowest BCUT2D eigenvalue weighted by Gasteiger charge is -2.18. The average Bonchev–Trinajstić information content (AvgIpc) is 2.67. The zero-order valence-corrected chi connectivity index (χ0v) is 17.7. The fourth-order valence-electron chi connectivity index (χ4n) is 2.47. The molecule has 1 atom stereocenters. The van der Waals surface area contributed by atoms with Crippen molar-refractivity contribution >= 4 is 27.3 Å². The molecule has 0 saturated carbocycles. The smallest absolute Gasteiger partial charge is 0.387 e. The highest BCUT2D eigenvalue weighted by molar-refractivity contribution is 7.89. The second-order valence-corrected chi connectivity index (χ2v) is 8.57. The van der Waals surface area contributed by atoms with Crippen LogP contribution in [0.3, 0.4) is 0 Å². The Kier molecular flexibility index (Phi) is 7.57. The van der Waals surface area contributed by atoms with E-state index in [9.17, 15) is 22.0 Å². The molecule has 0 spiro atoms. The number of carbonyl (C=O) groups is 1. The van der Waals surface area contributed by atoms with Gasteiger partial charge in [0.25, 0.3) is 0 Å². The summed E-state index contributed by atoms with van der Waals surface area (Å²) in [5, 5.41) is 5.49. The van der Waals surface area contributed by atoms with Gasteiger partial charge >= 0.3 is 6.61 Å². The van der Waals surface area contributed by atoms with Crippen LogP contribution in [0.5, 0.6) is 11.5 Å². The Morgan fingerprint density at radius 1 is 1.07 bits per heavy atom. The summed E-state index contributed by atoms with van der Waals surface area (Å²) in [5.41, 5.74) is 0.658. The number of sulfonamides is 1. The van der Waals surface area contributed by atoms with E-state index >= 15 is 0 Å². The molecule has 11 heteroatoms. The third kappa shape index (κ3) is 5.80. The maximum Gasteiger partial charge on any atom is 0.387 e. The molecule has 2 aromatic carbocycles. The number of alkyl halides is 2. The Hall–Kier alpha value is -2.92. The number of benzene rings is 2. The predicted molar refractivity (Wildman–Crippen MR) is 109 cm³/mol. The van der Waals surface area contributed by atoms with Gasteiger partial charge in [0.1, 0.15) is 6.04 Å². The Labute approximate surface area is 173 Å². The number of nitrogens with one attached hydrogen (secondary N) is 2. The molecular formula is C19H23F2N3O5S. The van der Waals surface area contributed by atoms with Crippen LogP contribution >= 0.6 is 0 Å². The highest BCUT2D eigenvalue weighted by atomic mass is 32.2. The summed E-state index contributed by atoms with van der Waals surface area (Å²) >= 11 is 0. The van der Waals surface area contributed by atoms with Gasteiger partial charge in [-0.2, -0.15) is 8.78 Å². The van der Waals surface area contributed by atoms with E-state index in [1.54, 1.807) is 19.1 Å². The number of ether oxygens (including phenoxy) is 2. The molecule has 8 nitrogen and oxygen atoms in total.